The maximum Gasteiger partial charge on any atom is 0.0706 e. The summed E-state index contributed by atoms with van der Waals surface area (Å²) in [7, 11) is 2.14. The van der Waals surface area contributed by atoms with Crippen molar-refractivity contribution in [2.24, 2.45) is 7.05 Å². The summed E-state index contributed by atoms with van der Waals surface area (Å²) in [5, 5.41) is 4.93. The van der Waals surface area contributed by atoms with Gasteiger partial charge in [0.1, 0.15) is 0 Å². The lowest BCUT2D eigenvalue weighted by atomic mass is 10.1. The number of hydrogen-bond donors (Lipinski definition) is 1. The van der Waals surface area contributed by atoms with Crippen molar-refractivity contribution in [2.75, 3.05) is 5.32 Å². The molecule has 0 saturated carbocycles. The van der Waals surface area contributed by atoms with E-state index >= 15 is 0 Å². The fourth-order valence-corrected chi connectivity index (χ4v) is 3.93. The molecule has 0 aliphatic carbocycles. The van der Waals surface area contributed by atoms with Crippen LogP contribution in [0.1, 0.15) is 17.3 Å². The van der Waals surface area contributed by atoms with Gasteiger partial charge in [0.15, 0.2) is 0 Å². The highest BCUT2D eigenvalue weighted by molar-refractivity contribution is 9.10. The van der Waals surface area contributed by atoms with E-state index in [-0.39, 0.29) is 0 Å². The van der Waals surface area contributed by atoms with Crippen molar-refractivity contribution in [1.82, 2.24) is 4.57 Å². The van der Waals surface area contributed by atoms with Crippen LogP contribution < -0.4 is 5.32 Å². The van der Waals surface area contributed by atoms with Crippen LogP contribution >= 0.6 is 31.9 Å². The van der Waals surface area contributed by atoms with Crippen molar-refractivity contribution in [3.05, 3.63) is 62.7 Å². The summed E-state index contributed by atoms with van der Waals surface area (Å²) in [6, 6.07) is 15.5. The van der Waals surface area contributed by atoms with Gasteiger partial charge in [-0.05, 0) is 42.0 Å². The Morgan fingerprint density at radius 3 is 2.67 bits per heavy atom. The van der Waals surface area contributed by atoms with Crippen molar-refractivity contribution < 1.29 is 0 Å². The molecule has 1 unspecified atom stereocenters. The summed E-state index contributed by atoms with van der Waals surface area (Å²) >= 11 is 7.11. The molecule has 2 heterocycles. The van der Waals surface area contributed by atoms with Gasteiger partial charge in [0.05, 0.1) is 6.04 Å². The van der Waals surface area contributed by atoms with Gasteiger partial charge in [0.2, 0.25) is 0 Å². The first-order valence-corrected chi connectivity index (χ1v) is 8.50. The van der Waals surface area contributed by atoms with E-state index < -0.39 is 0 Å². The van der Waals surface area contributed by atoms with E-state index in [1.54, 1.807) is 0 Å². The molecule has 1 N–H and O–H groups in total. The van der Waals surface area contributed by atoms with Crippen molar-refractivity contribution >= 4 is 48.5 Å². The van der Waals surface area contributed by atoms with Gasteiger partial charge in [-0.15, -0.1) is 0 Å². The highest BCUT2D eigenvalue weighted by atomic mass is 79.9. The van der Waals surface area contributed by atoms with Gasteiger partial charge in [-0.1, -0.05) is 37.9 Å². The smallest absolute Gasteiger partial charge is 0.0706 e. The lowest BCUT2D eigenvalue weighted by molar-refractivity contribution is 0.734. The minimum absolute atomic E-state index is 0.338. The molecule has 4 heteroatoms. The first-order valence-electron chi connectivity index (χ1n) is 6.91. The highest BCUT2D eigenvalue weighted by Crippen LogP contribution is 2.37. The number of rotatable bonds is 1. The molecule has 0 bridgehead atoms. The minimum atomic E-state index is 0.338. The fraction of sp³-hybridized carbons (Fsp3) is 0.176. The molecule has 0 amide bonds. The summed E-state index contributed by atoms with van der Waals surface area (Å²) < 4.78 is 4.55. The molecule has 1 aromatic heterocycles. The number of fused-ring (bicyclic) bond motifs is 2. The van der Waals surface area contributed by atoms with Crippen LogP contribution in [0.5, 0.6) is 0 Å². The summed E-state index contributed by atoms with van der Waals surface area (Å²) in [4.78, 5) is 0. The maximum absolute atomic E-state index is 3.64. The van der Waals surface area contributed by atoms with Gasteiger partial charge in [-0.3, -0.25) is 0 Å². The Bertz CT molecular complexity index is 851. The average Bonchev–Trinajstić information content (AvgIpc) is 3.00. The monoisotopic (exact) mass is 404 g/mol. The van der Waals surface area contributed by atoms with Crippen molar-refractivity contribution in [1.29, 1.82) is 0 Å². The second kappa shape index (κ2) is 4.89. The zero-order chi connectivity index (χ0) is 14.6. The van der Waals surface area contributed by atoms with E-state index in [4.69, 9.17) is 0 Å². The van der Waals surface area contributed by atoms with Gasteiger partial charge in [-0.2, -0.15) is 0 Å². The Labute approximate surface area is 140 Å². The Hall–Kier alpha value is -1.26. The summed E-state index contributed by atoms with van der Waals surface area (Å²) in [6.07, 6.45) is 1.03. The highest BCUT2D eigenvalue weighted by Gasteiger charge is 2.24. The van der Waals surface area contributed by atoms with Crippen LogP contribution in [0.4, 0.5) is 5.69 Å². The van der Waals surface area contributed by atoms with Gasteiger partial charge in [0.25, 0.3) is 0 Å². The number of anilines is 1. The molecule has 106 valence electrons. The average molecular weight is 406 g/mol. The van der Waals surface area contributed by atoms with Crippen LogP contribution in [0.25, 0.3) is 10.9 Å². The normalized spacial score (nSPS) is 17.0. The minimum Gasteiger partial charge on any atom is -0.376 e. The summed E-state index contributed by atoms with van der Waals surface area (Å²) in [5.41, 5.74) is 5.21. The standard InChI is InChI=1S/C17H14Br2N2/c1-21-16-9-13(19)3-2-10(16)8-17(21)15-7-11-6-12(18)4-5-14(11)20-15/h2-6,8-9,15,20H,7H2,1H3. The van der Waals surface area contributed by atoms with Crippen LogP contribution in [0, 0.1) is 0 Å². The Kier molecular flexibility index (Phi) is 3.12. The second-order valence-electron chi connectivity index (χ2n) is 5.53. The molecule has 1 aliphatic rings. The number of benzene rings is 2. The van der Waals surface area contributed by atoms with Crippen molar-refractivity contribution in [2.45, 2.75) is 12.5 Å². The molecule has 21 heavy (non-hydrogen) atoms. The van der Waals surface area contributed by atoms with E-state index in [1.807, 2.05) is 0 Å². The van der Waals surface area contributed by atoms with E-state index in [9.17, 15) is 0 Å². The van der Waals surface area contributed by atoms with Crippen LogP contribution in [-0.4, -0.2) is 4.57 Å². The van der Waals surface area contributed by atoms with Crippen LogP contribution in [0.3, 0.4) is 0 Å². The van der Waals surface area contributed by atoms with Gasteiger partial charge in [0, 0.05) is 44.7 Å². The largest absolute Gasteiger partial charge is 0.376 e. The number of nitrogens with one attached hydrogen (secondary N) is 1. The molecule has 0 saturated heterocycles. The third-order valence-electron chi connectivity index (χ3n) is 4.22. The van der Waals surface area contributed by atoms with Crippen LogP contribution in [0.15, 0.2) is 51.4 Å². The van der Waals surface area contributed by atoms with Gasteiger partial charge < -0.3 is 9.88 Å². The lowest BCUT2D eigenvalue weighted by Crippen LogP contribution is -2.10. The quantitative estimate of drug-likeness (QED) is 0.572. The predicted molar refractivity (Wildman–Crippen MR) is 94.8 cm³/mol. The zero-order valence-corrected chi connectivity index (χ0v) is 14.7. The van der Waals surface area contributed by atoms with E-state index in [1.165, 1.54) is 27.8 Å². The SMILES string of the molecule is Cn1c(C2Cc3cc(Br)ccc3N2)cc2ccc(Br)cc21. The first-order chi connectivity index (χ1) is 10.1. The Balaban J connectivity index is 1.77. The van der Waals surface area contributed by atoms with E-state index in [2.05, 4.69) is 91.3 Å². The second-order valence-corrected chi connectivity index (χ2v) is 7.37. The fourth-order valence-electron chi connectivity index (χ4n) is 3.17. The molecule has 0 fully saturated rings. The third kappa shape index (κ3) is 2.21. The zero-order valence-electron chi connectivity index (χ0n) is 11.5. The van der Waals surface area contributed by atoms with E-state index in [0.29, 0.717) is 6.04 Å². The topological polar surface area (TPSA) is 17.0 Å². The number of aromatic nitrogens is 1. The number of hydrogen-bond acceptors (Lipinski definition) is 1. The maximum atomic E-state index is 3.64. The molecule has 2 aromatic carbocycles. The molecular formula is C17H14Br2N2. The summed E-state index contributed by atoms with van der Waals surface area (Å²) in [6.45, 7) is 0. The third-order valence-corrected chi connectivity index (χ3v) is 5.21. The Morgan fingerprint density at radius 2 is 1.81 bits per heavy atom. The van der Waals surface area contributed by atoms with Gasteiger partial charge in [-0.25, -0.2) is 0 Å². The molecule has 2 nitrogen and oxygen atoms in total. The molecule has 0 radical (unpaired) electrons. The molecule has 4 rings (SSSR count). The predicted octanol–water partition coefficient (Wildman–Crippen LogP) is 5.41. The van der Waals surface area contributed by atoms with Crippen molar-refractivity contribution in [3.8, 4) is 0 Å². The molecule has 1 atom stereocenters. The molecular weight excluding hydrogens is 392 g/mol. The van der Waals surface area contributed by atoms with E-state index in [0.717, 1.165) is 15.4 Å². The number of aryl methyl sites for hydroxylation is 1. The Morgan fingerprint density at radius 1 is 1.05 bits per heavy atom. The van der Waals surface area contributed by atoms with Crippen LogP contribution in [-0.2, 0) is 13.5 Å². The number of nitrogens with zero attached hydrogens (tertiary/aromatic N) is 1. The summed E-state index contributed by atoms with van der Waals surface area (Å²) in [5.74, 6) is 0. The molecule has 0 spiro atoms. The van der Waals surface area contributed by atoms with Crippen LogP contribution in [0.2, 0.25) is 0 Å². The lowest BCUT2D eigenvalue weighted by Gasteiger charge is -2.13. The van der Waals surface area contributed by atoms with Crippen molar-refractivity contribution in [3.63, 3.8) is 0 Å². The van der Waals surface area contributed by atoms with Gasteiger partial charge >= 0.3 is 0 Å². The first kappa shape index (κ1) is 13.4. The molecule has 1 aliphatic heterocycles. The molecule has 3 aromatic rings. The number of halogens is 2.